The molecular weight excluding hydrogens is 862 g/mol. The molecule has 0 fully saturated rings. The number of hydrogen-bond acceptors (Lipinski definition) is 8. The van der Waals surface area contributed by atoms with Crippen LogP contribution in [0.25, 0.3) is 0 Å². The first kappa shape index (κ1) is 63.9. The summed E-state index contributed by atoms with van der Waals surface area (Å²) >= 11 is 0. The number of aliphatic carboxylic acids is 1. The van der Waals surface area contributed by atoms with Crippen molar-refractivity contribution in [2.45, 2.75) is 219 Å². The Labute approximate surface area is 409 Å². The van der Waals surface area contributed by atoms with E-state index >= 15 is 0 Å². The summed E-state index contributed by atoms with van der Waals surface area (Å²) in [5.74, 6) is -1.80. The molecule has 0 aromatic carbocycles. The molecule has 67 heavy (non-hydrogen) atoms. The maximum absolute atomic E-state index is 12.7. The highest BCUT2D eigenvalue weighted by atomic mass is 31.2. The molecule has 0 heterocycles. The summed E-state index contributed by atoms with van der Waals surface area (Å²) in [6, 6.07) is -1.48. The van der Waals surface area contributed by atoms with Gasteiger partial charge in [0.15, 0.2) is 0 Å². The lowest BCUT2D eigenvalue weighted by Gasteiger charge is -2.20. The van der Waals surface area contributed by atoms with E-state index in [0.717, 1.165) is 109 Å². The number of unbranched alkanes of at least 4 members (excludes halogenated alkanes) is 19. The number of ether oxygens (including phenoxy) is 2. The smallest absolute Gasteiger partial charge is 0.472 e. The van der Waals surface area contributed by atoms with Gasteiger partial charge in [0.1, 0.15) is 12.1 Å². The number of phosphoric acid groups is 1. The van der Waals surface area contributed by atoms with E-state index in [9.17, 15) is 19.0 Å². The summed E-state index contributed by atoms with van der Waals surface area (Å²) in [6.45, 7) is 3.72. The van der Waals surface area contributed by atoms with E-state index in [2.05, 4.69) is 111 Å². The van der Waals surface area contributed by atoms with Gasteiger partial charge in [0.05, 0.1) is 19.8 Å². The number of carbonyl (C=O) groups excluding carboxylic acids is 1. The minimum atomic E-state index is -4.64. The van der Waals surface area contributed by atoms with Crippen LogP contribution in [-0.4, -0.2) is 60.5 Å². The molecule has 0 aliphatic heterocycles. The third-order valence-corrected chi connectivity index (χ3v) is 11.8. The fourth-order valence-corrected chi connectivity index (χ4v) is 7.59. The zero-order valence-corrected chi connectivity index (χ0v) is 43.1. The molecule has 0 saturated carbocycles. The van der Waals surface area contributed by atoms with E-state index in [-0.39, 0.29) is 13.0 Å². The maximum Gasteiger partial charge on any atom is 0.472 e. The molecule has 0 spiro atoms. The standard InChI is InChI=1S/C56H96NO9P/c1-3-5-7-9-11-13-15-17-19-21-23-25-26-27-29-31-33-35-37-39-41-43-45-47-49-63-50-53(51-64-67(61,62)65-52-54(57)56(59)60)66-55(58)48-46-44-42-40-38-36-34-32-30-28-24-22-20-18-16-14-12-10-8-6-4-2/h5,7,11,13,16-19,22-25,27,29-30,32,53-54H,3-4,6,8-10,12,14-15,20-21,26,28,31,33-52,57H2,1-2H3,(H,59,60)(H,61,62)/b7-5-,13-11-,18-16-,19-17-,24-22-,25-23-,29-27-,32-30-. The van der Waals surface area contributed by atoms with E-state index in [1.54, 1.807) is 0 Å². The zero-order chi connectivity index (χ0) is 49.0. The van der Waals surface area contributed by atoms with Gasteiger partial charge in [0, 0.05) is 13.0 Å². The predicted molar refractivity (Wildman–Crippen MR) is 281 cm³/mol. The molecule has 11 heteroatoms. The Bertz CT molecular complexity index is 1430. The fourth-order valence-electron chi connectivity index (χ4n) is 6.81. The van der Waals surface area contributed by atoms with Crippen molar-refractivity contribution >= 4 is 19.8 Å². The molecule has 3 unspecified atom stereocenters. The molecule has 4 N–H and O–H groups in total. The van der Waals surface area contributed by atoms with E-state index in [1.807, 2.05) is 0 Å². The summed E-state index contributed by atoms with van der Waals surface area (Å²) in [4.78, 5) is 33.7. The first-order chi connectivity index (χ1) is 32.7. The molecular formula is C56H96NO9P. The van der Waals surface area contributed by atoms with Crippen molar-refractivity contribution < 1.29 is 42.7 Å². The molecule has 384 valence electrons. The van der Waals surface area contributed by atoms with Crippen LogP contribution in [0.5, 0.6) is 0 Å². The number of allylic oxidation sites excluding steroid dienone is 16. The topological polar surface area (TPSA) is 155 Å². The second kappa shape index (κ2) is 50.8. The Morgan fingerprint density at radius 2 is 0.866 bits per heavy atom. The number of carbonyl (C=O) groups is 2. The number of rotatable bonds is 49. The molecule has 0 aromatic heterocycles. The van der Waals surface area contributed by atoms with Crippen LogP contribution in [-0.2, 0) is 32.7 Å². The highest BCUT2D eigenvalue weighted by Gasteiger charge is 2.27. The molecule has 0 saturated heterocycles. The zero-order valence-electron chi connectivity index (χ0n) is 42.2. The van der Waals surface area contributed by atoms with Gasteiger partial charge in [-0.15, -0.1) is 0 Å². The van der Waals surface area contributed by atoms with Crippen molar-refractivity contribution in [3.8, 4) is 0 Å². The third-order valence-electron chi connectivity index (χ3n) is 10.8. The summed E-state index contributed by atoms with van der Waals surface area (Å²) < 4.78 is 33.5. The SMILES string of the molecule is CC/C=C\C/C=C\C/C=C\C/C=C\C/C=C\CCCCCCCCCCOCC(COP(=O)(O)OCC(N)C(=O)O)OC(=O)CCCCCCCC/C=C\C/C=C\C/C=C\CCCCCCC. The lowest BCUT2D eigenvalue weighted by Crippen LogP contribution is -2.34. The molecule has 0 aliphatic rings. The van der Waals surface area contributed by atoms with Gasteiger partial charge in [-0.25, -0.2) is 4.57 Å². The van der Waals surface area contributed by atoms with E-state index in [4.69, 9.17) is 29.4 Å². The summed E-state index contributed by atoms with van der Waals surface area (Å²) in [7, 11) is -4.64. The van der Waals surface area contributed by atoms with Crippen LogP contribution in [0, 0.1) is 0 Å². The van der Waals surface area contributed by atoms with Crippen LogP contribution in [0.15, 0.2) is 97.2 Å². The van der Waals surface area contributed by atoms with Crippen molar-refractivity contribution in [1.29, 1.82) is 0 Å². The number of carboxylic acid groups (broad SMARTS) is 1. The van der Waals surface area contributed by atoms with Crippen molar-refractivity contribution in [2.75, 3.05) is 26.4 Å². The molecule has 0 rings (SSSR count). The average Bonchev–Trinajstić information content (AvgIpc) is 3.31. The molecule has 3 atom stereocenters. The van der Waals surface area contributed by atoms with Gasteiger partial charge < -0.3 is 25.2 Å². The van der Waals surface area contributed by atoms with Crippen LogP contribution in [0.3, 0.4) is 0 Å². The van der Waals surface area contributed by atoms with Crippen LogP contribution in [0.4, 0.5) is 0 Å². The van der Waals surface area contributed by atoms with Crippen molar-refractivity contribution in [2.24, 2.45) is 5.73 Å². The molecule has 0 bridgehead atoms. The van der Waals surface area contributed by atoms with Gasteiger partial charge in [-0.1, -0.05) is 201 Å². The predicted octanol–water partition coefficient (Wildman–Crippen LogP) is 15.7. The monoisotopic (exact) mass is 958 g/mol. The lowest BCUT2D eigenvalue weighted by molar-refractivity contribution is -0.154. The minimum absolute atomic E-state index is 0.000343. The normalized spacial score (nSPS) is 14.4. The van der Waals surface area contributed by atoms with Gasteiger partial charge in [-0.05, 0) is 96.3 Å². The van der Waals surface area contributed by atoms with Gasteiger partial charge in [0.25, 0.3) is 0 Å². The Morgan fingerprint density at radius 3 is 1.30 bits per heavy atom. The third kappa shape index (κ3) is 50.6. The number of esters is 1. The maximum atomic E-state index is 12.7. The summed E-state index contributed by atoms with van der Waals surface area (Å²) in [5, 5.41) is 8.94. The van der Waals surface area contributed by atoms with Crippen molar-refractivity contribution in [3.63, 3.8) is 0 Å². The van der Waals surface area contributed by atoms with Crippen LogP contribution in [0.1, 0.15) is 206 Å². The Kier molecular flexibility index (Phi) is 48.4. The molecule has 0 radical (unpaired) electrons. The first-order valence-corrected chi connectivity index (χ1v) is 27.8. The van der Waals surface area contributed by atoms with Gasteiger partial charge in [-0.3, -0.25) is 18.6 Å². The van der Waals surface area contributed by atoms with Crippen LogP contribution < -0.4 is 5.73 Å². The van der Waals surface area contributed by atoms with E-state index in [0.29, 0.717) is 13.0 Å². The first-order valence-electron chi connectivity index (χ1n) is 26.3. The quantitative estimate of drug-likeness (QED) is 0.0232. The van der Waals surface area contributed by atoms with Gasteiger partial charge in [0.2, 0.25) is 0 Å². The molecule has 0 amide bonds. The Morgan fingerprint density at radius 1 is 0.493 bits per heavy atom. The van der Waals surface area contributed by atoms with Crippen molar-refractivity contribution in [1.82, 2.24) is 0 Å². The highest BCUT2D eigenvalue weighted by Crippen LogP contribution is 2.43. The largest absolute Gasteiger partial charge is 0.480 e. The number of hydrogen-bond donors (Lipinski definition) is 3. The number of carboxylic acids is 1. The van der Waals surface area contributed by atoms with Crippen LogP contribution in [0.2, 0.25) is 0 Å². The second-order valence-corrected chi connectivity index (χ2v) is 18.7. The second-order valence-electron chi connectivity index (χ2n) is 17.3. The Hall–Kier alpha value is -3.11. The summed E-state index contributed by atoms with van der Waals surface area (Å²) in [6.07, 6.45) is 67.4. The van der Waals surface area contributed by atoms with Crippen molar-refractivity contribution in [3.05, 3.63) is 97.2 Å². The highest BCUT2D eigenvalue weighted by molar-refractivity contribution is 7.47. The number of nitrogens with two attached hydrogens (primary N) is 1. The number of phosphoric ester groups is 1. The van der Waals surface area contributed by atoms with Gasteiger partial charge >= 0.3 is 19.8 Å². The fraction of sp³-hybridized carbons (Fsp3) is 0.679. The molecule has 0 aromatic rings. The van der Waals surface area contributed by atoms with E-state index < -0.39 is 45.1 Å². The van der Waals surface area contributed by atoms with Gasteiger partial charge in [-0.2, -0.15) is 0 Å². The average molecular weight is 958 g/mol. The van der Waals surface area contributed by atoms with E-state index in [1.165, 1.54) is 70.6 Å². The lowest BCUT2D eigenvalue weighted by atomic mass is 10.1. The minimum Gasteiger partial charge on any atom is -0.480 e. The molecule has 0 aliphatic carbocycles. The van der Waals surface area contributed by atoms with Crippen LogP contribution >= 0.6 is 7.82 Å². The summed E-state index contributed by atoms with van der Waals surface area (Å²) in [5.41, 5.74) is 5.38. The Balaban J connectivity index is 4.21. The molecule has 10 nitrogen and oxygen atoms in total.